The van der Waals surface area contributed by atoms with Crippen LogP contribution < -0.4 is 5.32 Å². The molecule has 128 valence electrons. The van der Waals surface area contributed by atoms with Gasteiger partial charge in [-0.1, -0.05) is 0 Å². The summed E-state index contributed by atoms with van der Waals surface area (Å²) >= 11 is 0. The average molecular weight is 329 g/mol. The Kier molecular flexibility index (Phi) is 4.00. The summed E-state index contributed by atoms with van der Waals surface area (Å²) in [5, 5.41) is 3.22. The topological polar surface area (TPSA) is 71.5 Å². The van der Waals surface area contributed by atoms with Crippen molar-refractivity contribution < 1.29 is 14.3 Å². The van der Waals surface area contributed by atoms with Crippen molar-refractivity contribution in [2.45, 2.75) is 37.1 Å². The fourth-order valence-corrected chi connectivity index (χ4v) is 4.42. The molecule has 24 heavy (non-hydrogen) atoms. The van der Waals surface area contributed by atoms with Gasteiger partial charge in [0.15, 0.2) is 0 Å². The first-order valence-electron chi connectivity index (χ1n) is 8.75. The fourth-order valence-electron chi connectivity index (χ4n) is 4.42. The fraction of sp³-hybridized carbons (Fsp3) is 0.611. The van der Waals surface area contributed by atoms with Gasteiger partial charge in [0, 0.05) is 44.4 Å². The number of likely N-dealkylation sites (tertiary alicyclic amines) is 1. The molecule has 0 aliphatic carbocycles. The third-order valence-corrected chi connectivity index (χ3v) is 5.80. The lowest BCUT2D eigenvalue weighted by Crippen LogP contribution is -2.55. The van der Waals surface area contributed by atoms with Gasteiger partial charge < -0.3 is 15.0 Å². The van der Waals surface area contributed by atoms with Gasteiger partial charge in [-0.2, -0.15) is 0 Å². The summed E-state index contributed by atoms with van der Waals surface area (Å²) in [6.07, 6.45) is 6.54. The largest absolute Gasteiger partial charge is 0.381 e. The molecule has 4 heterocycles. The van der Waals surface area contributed by atoms with Crippen molar-refractivity contribution in [2.24, 2.45) is 5.92 Å². The molecule has 1 N–H and O–H groups in total. The van der Waals surface area contributed by atoms with Crippen LogP contribution in [0.3, 0.4) is 0 Å². The summed E-state index contributed by atoms with van der Waals surface area (Å²) < 4.78 is 5.34. The molecule has 6 heteroatoms. The minimum atomic E-state index is -0.221. The SMILES string of the molecule is O=C1C[C@@H](c2ccncc2)C2(CCN(C(=O)[C@H]3CCOC3)CC2)N1. The van der Waals surface area contributed by atoms with Gasteiger partial charge in [0.2, 0.25) is 11.8 Å². The number of pyridine rings is 1. The van der Waals surface area contributed by atoms with Crippen LogP contribution in [-0.2, 0) is 14.3 Å². The van der Waals surface area contributed by atoms with E-state index in [9.17, 15) is 9.59 Å². The Morgan fingerprint density at radius 3 is 2.71 bits per heavy atom. The number of nitrogens with one attached hydrogen (secondary N) is 1. The molecule has 6 nitrogen and oxygen atoms in total. The molecule has 0 bridgehead atoms. The average Bonchev–Trinajstić information content (AvgIpc) is 3.24. The second-order valence-electron chi connectivity index (χ2n) is 7.13. The van der Waals surface area contributed by atoms with E-state index in [1.54, 1.807) is 12.4 Å². The molecule has 1 aromatic rings. The van der Waals surface area contributed by atoms with E-state index in [4.69, 9.17) is 4.74 Å². The highest BCUT2D eigenvalue weighted by atomic mass is 16.5. The van der Waals surface area contributed by atoms with Gasteiger partial charge in [0.1, 0.15) is 0 Å². The Morgan fingerprint density at radius 1 is 1.29 bits per heavy atom. The number of ether oxygens (including phenoxy) is 1. The van der Waals surface area contributed by atoms with Crippen molar-refractivity contribution in [1.82, 2.24) is 15.2 Å². The molecule has 2 atom stereocenters. The number of nitrogens with zero attached hydrogens (tertiary/aromatic N) is 2. The van der Waals surface area contributed by atoms with Crippen molar-refractivity contribution in [3.05, 3.63) is 30.1 Å². The summed E-state index contributed by atoms with van der Waals surface area (Å²) in [7, 11) is 0. The van der Waals surface area contributed by atoms with Crippen molar-refractivity contribution in [3.8, 4) is 0 Å². The first-order valence-corrected chi connectivity index (χ1v) is 8.75. The van der Waals surface area contributed by atoms with Crippen LogP contribution in [0.1, 0.15) is 37.2 Å². The molecular weight excluding hydrogens is 306 g/mol. The Balaban J connectivity index is 1.48. The predicted molar refractivity (Wildman–Crippen MR) is 87.2 cm³/mol. The van der Waals surface area contributed by atoms with Gasteiger partial charge in [0.05, 0.1) is 18.1 Å². The first kappa shape index (κ1) is 15.6. The molecule has 0 radical (unpaired) electrons. The Bertz CT molecular complexity index is 620. The summed E-state index contributed by atoms with van der Waals surface area (Å²) in [5.74, 6) is 0.515. The maximum atomic E-state index is 12.6. The maximum Gasteiger partial charge on any atom is 0.228 e. The van der Waals surface area contributed by atoms with E-state index in [1.807, 2.05) is 17.0 Å². The summed E-state index contributed by atoms with van der Waals surface area (Å²) in [6.45, 7) is 2.65. The number of rotatable bonds is 2. The van der Waals surface area contributed by atoms with Crippen molar-refractivity contribution in [3.63, 3.8) is 0 Å². The molecular formula is C18H23N3O3. The van der Waals surface area contributed by atoms with Crippen LogP contribution in [0.2, 0.25) is 0 Å². The zero-order valence-electron chi connectivity index (χ0n) is 13.7. The number of piperidine rings is 1. The van der Waals surface area contributed by atoms with Crippen molar-refractivity contribution >= 4 is 11.8 Å². The van der Waals surface area contributed by atoms with E-state index in [2.05, 4.69) is 10.3 Å². The number of carbonyl (C=O) groups is 2. The first-order chi connectivity index (χ1) is 11.7. The van der Waals surface area contributed by atoms with Gasteiger partial charge in [-0.15, -0.1) is 0 Å². The Morgan fingerprint density at radius 2 is 2.04 bits per heavy atom. The normalized spacial score (nSPS) is 29.0. The number of amides is 2. The second-order valence-corrected chi connectivity index (χ2v) is 7.13. The Hall–Kier alpha value is -1.95. The molecule has 3 aliphatic rings. The van der Waals surface area contributed by atoms with Crippen LogP contribution in [0.15, 0.2) is 24.5 Å². The van der Waals surface area contributed by atoms with E-state index in [-0.39, 0.29) is 29.2 Å². The van der Waals surface area contributed by atoms with Gasteiger partial charge in [-0.25, -0.2) is 0 Å². The number of hydrogen-bond acceptors (Lipinski definition) is 4. The Labute approximate surface area is 141 Å². The lowest BCUT2D eigenvalue weighted by atomic mass is 9.74. The van der Waals surface area contributed by atoms with Crippen LogP contribution in [0.4, 0.5) is 0 Å². The molecule has 0 saturated carbocycles. The monoisotopic (exact) mass is 329 g/mol. The standard InChI is InChI=1S/C18H23N3O3/c22-16-11-15(13-1-6-19-7-2-13)18(20-16)4-8-21(9-5-18)17(23)14-3-10-24-12-14/h1-2,6-7,14-15H,3-5,8-12H2,(H,20,22)/t14-,15-/m0/s1. The summed E-state index contributed by atoms with van der Waals surface area (Å²) in [6, 6.07) is 4.00. The van der Waals surface area contributed by atoms with Crippen LogP contribution >= 0.6 is 0 Å². The van der Waals surface area contributed by atoms with Gasteiger partial charge in [0.25, 0.3) is 0 Å². The third kappa shape index (κ3) is 2.69. The molecule has 1 aromatic heterocycles. The number of carbonyl (C=O) groups excluding carboxylic acids is 2. The molecule has 3 saturated heterocycles. The van der Waals surface area contributed by atoms with Gasteiger partial charge >= 0.3 is 0 Å². The lowest BCUT2D eigenvalue weighted by Gasteiger charge is -2.43. The highest BCUT2D eigenvalue weighted by Gasteiger charge is 2.49. The maximum absolute atomic E-state index is 12.6. The van der Waals surface area contributed by atoms with Gasteiger partial charge in [-0.3, -0.25) is 14.6 Å². The molecule has 0 aromatic carbocycles. The van der Waals surface area contributed by atoms with E-state index >= 15 is 0 Å². The summed E-state index contributed by atoms with van der Waals surface area (Å²) in [4.78, 5) is 30.7. The quantitative estimate of drug-likeness (QED) is 0.881. The van der Waals surface area contributed by atoms with E-state index < -0.39 is 0 Å². The van der Waals surface area contributed by atoms with Gasteiger partial charge in [-0.05, 0) is 37.0 Å². The van der Waals surface area contributed by atoms with Crippen LogP contribution in [0.5, 0.6) is 0 Å². The van der Waals surface area contributed by atoms with Crippen molar-refractivity contribution in [1.29, 1.82) is 0 Å². The third-order valence-electron chi connectivity index (χ3n) is 5.80. The second kappa shape index (κ2) is 6.16. The zero-order valence-corrected chi connectivity index (χ0v) is 13.7. The molecule has 1 spiro atoms. The predicted octanol–water partition coefficient (Wildman–Crippen LogP) is 1.08. The zero-order chi connectivity index (χ0) is 16.6. The molecule has 4 rings (SSSR count). The molecule has 3 aliphatic heterocycles. The van der Waals surface area contributed by atoms with E-state index in [0.717, 1.165) is 24.8 Å². The number of aromatic nitrogens is 1. The highest BCUT2D eigenvalue weighted by Crippen LogP contribution is 2.43. The molecule has 3 fully saturated rings. The number of hydrogen-bond donors (Lipinski definition) is 1. The van der Waals surface area contributed by atoms with Crippen LogP contribution in [0.25, 0.3) is 0 Å². The molecule has 0 unspecified atom stereocenters. The van der Waals surface area contributed by atoms with E-state index in [0.29, 0.717) is 32.7 Å². The van der Waals surface area contributed by atoms with Crippen LogP contribution in [0, 0.1) is 5.92 Å². The molecule has 2 amide bonds. The van der Waals surface area contributed by atoms with Crippen molar-refractivity contribution in [2.75, 3.05) is 26.3 Å². The lowest BCUT2D eigenvalue weighted by molar-refractivity contribution is -0.137. The minimum absolute atomic E-state index is 0.0215. The highest BCUT2D eigenvalue weighted by molar-refractivity contribution is 5.82. The van der Waals surface area contributed by atoms with E-state index in [1.165, 1.54) is 0 Å². The van der Waals surface area contributed by atoms with Crippen LogP contribution in [-0.4, -0.2) is 53.5 Å². The summed E-state index contributed by atoms with van der Waals surface area (Å²) in [5.41, 5.74) is 0.939. The minimum Gasteiger partial charge on any atom is -0.381 e. The smallest absolute Gasteiger partial charge is 0.228 e.